The van der Waals surface area contributed by atoms with E-state index in [0.717, 1.165) is 45.4 Å². The van der Waals surface area contributed by atoms with Gasteiger partial charge in [0, 0.05) is 37.4 Å². The average Bonchev–Trinajstić information content (AvgIpc) is 3.18. The van der Waals surface area contributed by atoms with Crippen LogP contribution in [0, 0.1) is 5.92 Å². The molecule has 5 nitrogen and oxygen atoms in total. The maximum absolute atomic E-state index is 12.8. The van der Waals surface area contributed by atoms with E-state index in [-0.39, 0.29) is 18.3 Å². The third-order valence-electron chi connectivity index (χ3n) is 6.08. The Kier molecular flexibility index (Phi) is 7.51. The van der Waals surface area contributed by atoms with E-state index in [1.54, 1.807) is 0 Å². The lowest BCUT2D eigenvalue weighted by atomic mass is 9.90. The molecule has 0 spiro atoms. The van der Waals surface area contributed by atoms with Crippen molar-refractivity contribution in [3.05, 3.63) is 53.9 Å². The molecule has 6 heteroatoms. The van der Waals surface area contributed by atoms with Gasteiger partial charge in [0.25, 0.3) is 0 Å². The SMILES string of the molecule is Cl.O=C(Cn1nccc1C1CCCNC1)N1CCC(Cc2ccccc2)CC1. The van der Waals surface area contributed by atoms with E-state index in [0.29, 0.717) is 18.4 Å². The zero-order chi connectivity index (χ0) is 18.5. The van der Waals surface area contributed by atoms with Gasteiger partial charge in [-0.25, -0.2) is 0 Å². The van der Waals surface area contributed by atoms with Crippen LogP contribution >= 0.6 is 12.4 Å². The van der Waals surface area contributed by atoms with Crippen LogP contribution in [0.25, 0.3) is 0 Å². The van der Waals surface area contributed by atoms with Crippen molar-refractivity contribution in [2.45, 2.75) is 44.6 Å². The van der Waals surface area contributed by atoms with Crippen LogP contribution in [0.3, 0.4) is 0 Å². The van der Waals surface area contributed by atoms with Crippen LogP contribution in [0.4, 0.5) is 0 Å². The molecule has 0 aliphatic carbocycles. The van der Waals surface area contributed by atoms with Gasteiger partial charge in [0.1, 0.15) is 6.54 Å². The molecule has 0 bridgehead atoms. The quantitative estimate of drug-likeness (QED) is 0.835. The van der Waals surface area contributed by atoms with Gasteiger partial charge >= 0.3 is 0 Å². The van der Waals surface area contributed by atoms with Gasteiger partial charge in [-0.3, -0.25) is 9.48 Å². The maximum Gasteiger partial charge on any atom is 0.244 e. The van der Waals surface area contributed by atoms with Gasteiger partial charge in [0.05, 0.1) is 0 Å². The smallest absolute Gasteiger partial charge is 0.244 e. The second-order valence-corrected chi connectivity index (χ2v) is 7.97. The van der Waals surface area contributed by atoms with Crippen molar-refractivity contribution in [2.24, 2.45) is 5.92 Å². The van der Waals surface area contributed by atoms with Gasteiger partial charge < -0.3 is 10.2 Å². The Morgan fingerprint density at radius 2 is 1.89 bits per heavy atom. The van der Waals surface area contributed by atoms with Crippen molar-refractivity contribution >= 4 is 18.3 Å². The highest BCUT2D eigenvalue weighted by Crippen LogP contribution is 2.24. The van der Waals surface area contributed by atoms with E-state index in [4.69, 9.17) is 0 Å². The number of piperidine rings is 2. The number of hydrogen-bond acceptors (Lipinski definition) is 3. The van der Waals surface area contributed by atoms with E-state index < -0.39 is 0 Å². The normalized spacial score (nSPS) is 20.6. The molecular formula is C22H31ClN4O. The molecule has 1 unspecified atom stereocenters. The molecule has 0 saturated carbocycles. The Morgan fingerprint density at radius 1 is 1.11 bits per heavy atom. The molecule has 2 saturated heterocycles. The first-order chi connectivity index (χ1) is 13.3. The van der Waals surface area contributed by atoms with E-state index in [1.807, 2.05) is 15.8 Å². The highest BCUT2D eigenvalue weighted by atomic mass is 35.5. The average molecular weight is 403 g/mol. The standard InChI is InChI=1S/C22H30N4O.ClH/c27-22(17-26-21(8-12-24-26)20-7-4-11-23-16-20)25-13-9-19(10-14-25)15-18-5-2-1-3-6-18;/h1-3,5-6,8,12,19-20,23H,4,7,9-11,13-17H2;1H. The third kappa shape index (κ3) is 5.15. The van der Waals surface area contributed by atoms with E-state index in [9.17, 15) is 4.79 Å². The van der Waals surface area contributed by atoms with Gasteiger partial charge in [-0.1, -0.05) is 30.3 Å². The number of carbonyl (C=O) groups is 1. The summed E-state index contributed by atoms with van der Waals surface area (Å²) >= 11 is 0. The number of carbonyl (C=O) groups excluding carboxylic acids is 1. The minimum absolute atomic E-state index is 0. The molecule has 2 aromatic rings. The van der Waals surface area contributed by atoms with Crippen LogP contribution in [0.2, 0.25) is 0 Å². The molecule has 1 aromatic carbocycles. The van der Waals surface area contributed by atoms with E-state index >= 15 is 0 Å². The number of rotatable bonds is 5. The van der Waals surface area contributed by atoms with Gasteiger partial charge in [-0.05, 0) is 56.2 Å². The maximum atomic E-state index is 12.8. The number of benzene rings is 1. The van der Waals surface area contributed by atoms with Crippen molar-refractivity contribution in [1.82, 2.24) is 20.0 Å². The number of halogens is 1. The molecule has 1 aromatic heterocycles. The van der Waals surface area contributed by atoms with E-state index in [2.05, 4.69) is 46.8 Å². The van der Waals surface area contributed by atoms with Crippen LogP contribution < -0.4 is 5.32 Å². The summed E-state index contributed by atoms with van der Waals surface area (Å²) in [6.07, 6.45) is 7.53. The minimum atomic E-state index is 0. The monoisotopic (exact) mass is 402 g/mol. The van der Waals surface area contributed by atoms with Crippen molar-refractivity contribution in [3.8, 4) is 0 Å². The van der Waals surface area contributed by atoms with Crippen molar-refractivity contribution in [2.75, 3.05) is 26.2 Å². The molecule has 0 radical (unpaired) electrons. The van der Waals surface area contributed by atoms with Gasteiger partial charge in [0.2, 0.25) is 5.91 Å². The zero-order valence-electron chi connectivity index (χ0n) is 16.4. The summed E-state index contributed by atoms with van der Waals surface area (Å²) in [5, 5.41) is 7.89. The molecule has 2 aliphatic heterocycles. The number of likely N-dealkylation sites (tertiary alicyclic amines) is 1. The van der Waals surface area contributed by atoms with Crippen LogP contribution in [-0.2, 0) is 17.8 Å². The second-order valence-electron chi connectivity index (χ2n) is 7.97. The fraction of sp³-hybridized carbons (Fsp3) is 0.545. The fourth-order valence-electron chi connectivity index (χ4n) is 4.49. The molecule has 2 fully saturated rings. The lowest BCUT2D eigenvalue weighted by molar-refractivity contribution is -0.133. The second kappa shape index (κ2) is 10.1. The first-order valence-corrected chi connectivity index (χ1v) is 10.3. The number of hydrogen-bond donors (Lipinski definition) is 1. The molecule has 28 heavy (non-hydrogen) atoms. The Bertz CT molecular complexity index is 734. The Morgan fingerprint density at radius 3 is 2.61 bits per heavy atom. The molecule has 1 N–H and O–H groups in total. The lowest BCUT2D eigenvalue weighted by Gasteiger charge is -2.32. The summed E-state index contributed by atoms with van der Waals surface area (Å²) in [5.41, 5.74) is 2.61. The van der Waals surface area contributed by atoms with Crippen LogP contribution in [0.5, 0.6) is 0 Å². The van der Waals surface area contributed by atoms with Crippen LogP contribution in [0.15, 0.2) is 42.6 Å². The number of nitrogens with zero attached hydrogens (tertiary/aromatic N) is 3. The van der Waals surface area contributed by atoms with Crippen LogP contribution in [-0.4, -0.2) is 46.8 Å². The van der Waals surface area contributed by atoms with Crippen molar-refractivity contribution in [1.29, 1.82) is 0 Å². The van der Waals surface area contributed by atoms with Crippen molar-refractivity contribution < 1.29 is 4.79 Å². The Hall–Kier alpha value is -1.85. The van der Waals surface area contributed by atoms with Crippen LogP contribution in [0.1, 0.15) is 42.9 Å². The number of amides is 1. The first kappa shape index (κ1) is 20.9. The molecular weight excluding hydrogens is 372 g/mol. The summed E-state index contributed by atoms with van der Waals surface area (Å²) < 4.78 is 1.93. The third-order valence-corrected chi connectivity index (χ3v) is 6.08. The largest absolute Gasteiger partial charge is 0.341 e. The Balaban J connectivity index is 0.00000225. The predicted molar refractivity (Wildman–Crippen MR) is 114 cm³/mol. The molecule has 2 aliphatic rings. The summed E-state index contributed by atoms with van der Waals surface area (Å²) in [6.45, 7) is 4.21. The number of aromatic nitrogens is 2. The summed E-state index contributed by atoms with van der Waals surface area (Å²) in [7, 11) is 0. The highest BCUT2D eigenvalue weighted by molar-refractivity contribution is 5.85. The summed E-state index contributed by atoms with van der Waals surface area (Å²) in [6, 6.07) is 12.8. The molecule has 4 rings (SSSR count). The van der Waals surface area contributed by atoms with Gasteiger partial charge in [0.15, 0.2) is 0 Å². The highest BCUT2D eigenvalue weighted by Gasteiger charge is 2.25. The fourth-order valence-corrected chi connectivity index (χ4v) is 4.49. The summed E-state index contributed by atoms with van der Waals surface area (Å²) in [4.78, 5) is 14.8. The lowest BCUT2D eigenvalue weighted by Crippen LogP contribution is -2.41. The Labute approximate surface area is 173 Å². The summed E-state index contributed by atoms with van der Waals surface area (Å²) in [5.74, 6) is 1.37. The zero-order valence-corrected chi connectivity index (χ0v) is 17.2. The molecule has 1 atom stereocenters. The predicted octanol–water partition coefficient (Wildman–Crippen LogP) is 3.25. The first-order valence-electron chi connectivity index (χ1n) is 10.3. The number of nitrogens with one attached hydrogen (secondary N) is 1. The molecule has 152 valence electrons. The van der Waals surface area contributed by atoms with Gasteiger partial charge in [-0.2, -0.15) is 5.10 Å². The molecule has 3 heterocycles. The van der Waals surface area contributed by atoms with Gasteiger partial charge in [-0.15, -0.1) is 12.4 Å². The minimum Gasteiger partial charge on any atom is -0.341 e. The molecule has 1 amide bonds. The van der Waals surface area contributed by atoms with Crippen molar-refractivity contribution in [3.63, 3.8) is 0 Å². The topological polar surface area (TPSA) is 50.2 Å². The van der Waals surface area contributed by atoms with E-state index in [1.165, 1.54) is 24.1 Å².